The molecule has 0 fully saturated rings. The molecule has 0 amide bonds. The Morgan fingerprint density at radius 1 is 1.29 bits per heavy atom. The number of nitrogens with zero attached hydrogens (tertiary/aromatic N) is 3. The van der Waals surface area contributed by atoms with Gasteiger partial charge in [-0.1, -0.05) is 23.4 Å². The van der Waals surface area contributed by atoms with Gasteiger partial charge in [0.25, 0.3) is 5.89 Å². The highest BCUT2D eigenvalue weighted by atomic mass is 32.2. The summed E-state index contributed by atoms with van der Waals surface area (Å²) in [5, 5.41) is 13.7. The Balaban J connectivity index is 1.57. The van der Waals surface area contributed by atoms with E-state index in [1.54, 1.807) is 18.2 Å². The minimum atomic E-state index is -3.47. The fourth-order valence-electron chi connectivity index (χ4n) is 4.13. The Kier molecular flexibility index (Phi) is 7.50. The normalized spacial score (nSPS) is 15.2. The Morgan fingerprint density at radius 2 is 2.11 bits per heavy atom. The summed E-state index contributed by atoms with van der Waals surface area (Å²) in [6.07, 6.45) is 1.28. The fourth-order valence-corrected chi connectivity index (χ4v) is 5.27. The number of ether oxygens (including phenoxy) is 2. The molecule has 0 spiro atoms. The number of fused-ring (bicyclic) bond motifs is 1. The Bertz CT molecular complexity index is 1340. The number of hydrogen-bond donors (Lipinski definition) is 1. The van der Waals surface area contributed by atoms with Crippen LogP contribution in [0.25, 0.3) is 22.8 Å². The molecule has 35 heavy (non-hydrogen) atoms. The molecule has 1 aliphatic rings. The molecular formula is C25H28N4O5S. The number of nitriles is 1. The lowest BCUT2D eigenvalue weighted by molar-refractivity contribution is 0.163. The Morgan fingerprint density at radius 3 is 2.86 bits per heavy atom. The van der Waals surface area contributed by atoms with E-state index in [9.17, 15) is 13.7 Å². The lowest BCUT2D eigenvalue weighted by atomic mass is 10.0. The van der Waals surface area contributed by atoms with Crippen molar-refractivity contribution in [2.75, 3.05) is 19.0 Å². The van der Waals surface area contributed by atoms with E-state index in [1.807, 2.05) is 39.0 Å². The predicted octanol–water partition coefficient (Wildman–Crippen LogP) is 4.01. The Hall–Kier alpha value is -3.26. The minimum Gasteiger partial charge on any atom is -0.490 e. The van der Waals surface area contributed by atoms with Crippen LogP contribution in [0.15, 0.2) is 40.9 Å². The second-order valence-corrected chi connectivity index (χ2v) is 10.4. The maximum atomic E-state index is 12.5. The molecule has 0 unspecified atom stereocenters. The molecular weight excluding hydrogens is 468 g/mol. The third-order valence-corrected chi connectivity index (χ3v) is 7.02. The smallest absolute Gasteiger partial charge is 0.258 e. The summed E-state index contributed by atoms with van der Waals surface area (Å²) in [5.41, 5.74) is 3.71. The molecule has 1 N–H and O–H groups in total. The van der Waals surface area contributed by atoms with Gasteiger partial charge in [-0.3, -0.25) is 0 Å². The van der Waals surface area contributed by atoms with Gasteiger partial charge < -0.3 is 14.0 Å². The molecule has 0 bridgehead atoms. The number of nitrogens with one attached hydrogen (secondary N) is 1. The van der Waals surface area contributed by atoms with Crippen molar-refractivity contribution in [1.82, 2.24) is 14.9 Å². The van der Waals surface area contributed by atoms with Gasteiger partial charge in [0.1, 0.15) is 11.8 Å². The molecule has 0 saturated heterocycles. The lowest BCUT2D eigenvalue weighted by Crippen LogP contribution is -2.31. The maximum absolute atomic E-state index is 12.5. The van der Waals surface area contributed by atoms with Gasteiger partial charge >= 0.3 is 0 Å². The average molecular weight is 497 g/mol. The molecule has 9 nitrogen and oxygen atoms in total. The van der Waals surface area contributed by atoms with Gasteiger partial charge in [-0.15, -0.1) is 0 Å². The first-order chi connectivity index (χ1) is 16.8. The highest BCUT2D eigenvalue weighted by molar-refractivity contribution is 7.89. The van der Waals surface area contributed by atoms with E-state index in [4.69, 9.17) is 14.0 Å². The number of aromatic nitrogens is 2. The number of sulfonamides is 1. The zero-order chi connectivity index (χ0) is 25.0. The van der Waals surface area contributed by atoms with Crippen molar-refractivity contribution in [3.05, 3.63) is 53.1 Å². The van der Waals surface area contributed by atoms with Gasteiger partial charge in [-0.25, -0.2) is 13.1 Å². The van der Waals surface area contributed by atoms with Crippen molar-refractivity contribution in [3.8, 4) is 34.7 Å². The maximum Gasteiger partial charge on any atom is 0.258 e. The lowest BCUT2D eigenvalue weighted by Gasteiger charge is -2.15. The van der Waals surface area contributed by atoms with E-state index >= 15 is 0 Å². The molecule has 3 aromatic rings. The second-order valence-electron chi connectivity index (χ2n) is 8.51. The van der Waals surface area contributed by atoms with Crippen LogP contribution in [-0.4, -0.2) is 43.6 Å². The van der Waals surface area contributed by atoms with Crippen LogP contribution < -0.4 is 9.46 Å². The summed E-state index contributed by atoms with van der Waals surface area (Å²) in [5.74, 6) is 1.13. The summed E-state index contributed by atoms with van der Waals surface area (Å²) in [6, 6.07) is 12.7. The van der Waals surface area contributed by atoms with E-state index in [-0.39, 0.29) is 30.4 Å². The molecule has 0 saturated carbocycles. The van der Waals surface area contributed by atoms with E-state index in [0.717, 1.165) is 16.7 Å². The third kappa shape index (κ3) is 5.70. The van der Waals surface area contributed by atoms with E-state index in [0.29, 0.717) is 42.1 Å². The van der Waals surface area contributed by atoms with Gasteiger partial charge in [0.2, 0.25) is 15.8 Å². The summed E-state index contributed by atoms with van der Waals surface area (Å²) in [6.45, 7) is 6.26. The molecule has 4 rings (SSSR count). The molecule has 1 aliphatic carbocycles. The van der Waals surface area contributed by atoms with Crippen LogP contribution in [0.3, 0.4) is 0 Å². The Labute approximate surface area is 205 Å². The van der Waals surface area contributed by atoms with Crippen molar-refractivity contribution in [2.24, 2.45) is 0 Å². The van der Waals surface area contributed by atoms with Crippen molar-refractivity contribution in [2.45, 2.75) is 45.8 Å². The zero-order valence-electron chi connectivity index (χ0n) is 19.9. The van der Waals surface area contributed by atoms with Gasteiger partial charge in [-0.2, -0.15) is 10.2 Å². The molecule has 2 aromatic carbocycles. The standard InChI is InChI=1S/C25H28N4O5S/c1-4-32-12-13-35(30,31)29-22-10-9-19-20(22)6-5-7-21(19)24-27-25(34-28-24)17-8-11-23(33-16(2)3)18(14-17)15-26/h5-8,11,14,16,22,29H,4,9-10,12-13H2,1-3H3/t22-/m0/s1. The molecule has 1 atom stereocenters. The SMILES string of the molecule is CCOCCS(=O)(=O)N[C@H]1CCc2c(-c3noc(-c4ccc(OC(C)C)c(C#N)c4)n3)cccc21. The first kappa shape index (κ1) is 24.9. The van der Waals surface area contributed by atoms with Gasteiger partial charge in [0.05, 0.1) is 24.0 Å². The van der Waals surface area contributed by atoms with Gasteiger partial charge in [-0.05, 0) is 62.9 Å². The summed E-state index contributed by atoms with van der Waals surface area (Å²) in [7, 11) is -3.47. The number of benzene rings is 2. The first-order valence-corrected chi connectivity index (χ1v) is 13.2. The van der Waals surface area contributed by atoms with E-state index in [2.05, 4.69) is 20.9 Å². The summed E-state index contributed by atoms with van der Waals surface area (Å²) in [4.78, 5) is 4.56. The van der Waals surface area contributed by atoms with Crippen LogP contribution in [0.5, 0.6) is 5.75 Å². The quantitative estimate of drug-likeness (QED) is 0.417. The topological polar surface area (TPSA) is 127 Å². The van der Waals surface area contributed by atoms with Crippen LogP contribution in [0.1, 0.15) is 49.9 Å². The van der Waals surface area contributed by atoms with Gasteiger partial charge in [0, 0.05) is 23.8 Å². The van der Waals surface area contributed by atoms with Crippen molar-refractivity contribution in [1.29, 1.82) is 5.26 Å². The van der Waals surface area contributed by atoms with Crippen LogP contribution >= 0.6 is 0 Å². The van der Waals surface area contributed by atoms with Crippen LogP contribution in [0, 0.1) is 11.3 Å². The van der Waals surface area contributed by atoms with Crippen LogP contribution in [0.2, 0.25) is 0 Å². The molecule has 1 aromatic heterocycles. The van der Waals surface area contributed by atoms with Crippen molar-refractivity contribution in [3.63, 3.8) is 0 Å². The first-order valence-electron chi connectivity index (χ1n) is 11.6. The largest absolute Gasteiger partial charge is 0.490 e. The molecule has 0 aliphatic heterocycles. The van der Waals surface area contributed by atoms with Crippen molar-refractivity contribution < 1.29 is 22.4 Å². The third-order valence-electron chi connectivity index (χ3n) is 5.67. The van der Waals surface area contributed by atoms with Crippen LogP contribution in [0.4, 0.5) is 0 Å². The monoisotopic (exact) mass is 496 g/mol. The van der Waals surface area contributed by atoms with E-state index in [1.165, 1.54) is 0 Å². The number of rotatable bonds is 10. The molecule has 0 radical (unpaired) electrons. The molecule has 10 heteroatoms. The second kappa shape index (κ2) is 10.6. The average Bonchev–Trinajstić information content (AvgIpc) is 3.47. The van der Waals surface area contributed by atoms with Gasteiger partial charge in [0.15, 0.2) is 0 Å². The van der Waals surface area contributed by atoms with E-state index < -0.39 is 10.0 Å². The highest BCUT2D eigenvalue weighted by Crippen LogP contribution is 2.38. The summed E-state index contributed by atoms with van der Waals surface area (Å²) < 4.78 is 44.1. The fraction of sp³-hybridized carbons (Fsp3) is 0.400. The number of hydrogen-bond acceptors (Lipinski definition) is 8. The van der Waals surface area contributed by atoms with Crippen LogP contribution in [-0.2, 0) is 21.2 Å². The highest BCUT2D eigenvalue weighted by Gasteiger charge is 2.29. The molecule has 1 heterocycles. The summed E-state index contributed by atoms with van der Waals surface area (Å²) >= 11 is 0. The zero-order valence-corrected chi connectivity index (χ0v) is 20.8. The predicted molar refractivity (Wildman–Crippen MR) is 130 cm³/mol. The molecule has 184 valence electrons. The van der Waals surface area contributed by atoms with Crippen molar-refractivity contribution >= 4 is 10.0 Å². The minimum absolute atomic E-state index is 0.0545.